The highest BCUT2D eigenvalue weighted by atomic mass is 35.5. The quantitative estimate of drug-likeness (QED) is 0.803. The molecule has 2 atom stereocenters. The lowest BCUT2D eigenvalue weighted by atomic mass is 9.88. The molecule has 1 fully saturated rings. The minimum absolute atomic E-state index is 0. The molecule has 1 saturated heterocycles. The van der Waals surface area contributed by atoms with E-state index in [9.17, 15) is 8.78 Å². The highest BCUT2D eigenvalue weighted by Gasteiger charge is 2.29. The van der Waals surface area contributed by atoms with Crippen LogP contribution in [0.4, 0.5) is 8.78 Å². The Kier molecular flexibility index (Phi) is 8.81. The van der Waals surface area contributed by atoms with Gasteiger partial charge in [-0.1, -0.05) is 38.5 Å². The highest BCUT2D eigenvalue weighted by molar-refractivity contribution is 5.85. The Balaban J connectivity index is 0.00000264. The normalized spacial score (nSPS) is 18.3. The average Bonchev–Trinajstić information content (AvgIpc) is 2.50. The van der Waals surface area contributed by atoms with E-state index in [1.54, 1.807) is 12.1 Å². The summed E-state index contributed by atoms with van der Waals surface area (Å²) in [4.78, 5) is 2.39. The number of rotatable bonds is 7. The van der Waals surface area contributed by atoms with Crippen molar-refractivity contribution in [3.63, 3.8) is 0 Å². The van der Waals surface area contributed by atoms with Crippen molar-refractivity contribution >= 4 is 12.4 Å². The second-order valence-electron chi connectivity index (χ2n) is 5.91. The first-order valence-electron chi connectivity index (χ1n) is 8.12. The largest absolute Gasteiger partial charge is 0.434 e. The summed E-state index contributed by atoms with van der Waals surface area (Å²) in [6, 6.07) is 7.35. The van der Waals surface area contributed by atoms with Crippen molar-refractivity contribution in [2.45, 2.75) is 39.3 Å². The van der Waals surface area contributed by atoms with Gasteiger partial charge in [0.15, 0.2) is 0 Å². The van der Waals surface area contributed by atoms with E-state index in [1.807, 2.05) is 12.1 Å². The van der Waals surface area contributed by atoms with Gasteiger partial charge in [-0.05, 0) is 18.4 Å². The van der Waals surface area contributed by atoms with Crippen LogP contribution >= 0.6 is 12.4 Å². The van der Waals surface area contributed by atoms with Gasteiger partial charge in [0.05, 0.1) is 0 Å². The Morgan fingerprint density at radius 3 is 2.48 bits per heavy atom. The fourth-order valence-corrected chi connectivity index (χ4v) is 3.36. The summed E-state index contributed by atoms with van der Waals surface area (Å²) >= 11 is 0. The van der Waals surface area contributed by atoms with Crippen molar-refractivity contribution in [2.75, 3.05) is 26.2 Å². The number of halogens is 3. The predicted molar refractivity (Wildman–Crippen MR) is 91.6 cm³/mol. The third kappa shape index (κ3) is 5.59. The maximum atomic E-state index is 12.7. The van der Waals surface area contributed by atoms with Gasteiger partial charge in [-0.25, -0.2) is 0 Å². The molecule has 0 radical (unpaired) electrons. The summed E-state index contributed by atoms with van der Waals surface area (Å²) in [5.74, 6) is 0.703. The van der Waals surface area contributed by atoms with E-state index in [-0.39, 0.29) is 18.4 Å². The van der Waals surface area contributed by atoms with Gasteiger partial charge in [-0.2, -0.15) is 8.78 Å². The van der Waals surface area contributed by atoms with E-state index < -0.39 is 6.61 Å². The van der Waals surface area contributed by atoms with Crippen molar-refractivity contribution in [1.82, 2.24) is 10.2 Å². The zero-order valence-electron chi connectivity index (χ0n) is 13.8. The number of hydrogen-bond donors (Lipinski definition) is 1. The Morgan fingerprint density at radius 1 is 1.22 bits per heavy atom. The Bertz CT molecular complexity index is 456. The summed E-state index contributed by atoms with van der Waals surface area (Å²) in [5.41, 5.74) is 0.880. The molecule has 6 heteroatoms. The van der Waals surface area contributed by atoms with E-state index in [4.69, 9.17) is 4.74 Å². The second kappa shape index (κ2) is 10.1. The van der Waals surface area contributed by atoms with E-state index in [0.29, 0.717) is 11.7 Å². The summed E-state index contributed by atoms with van der Waals surface area (Å²) < 4.78 is 30.2. The molecule has 1 aromatic carbocycles. The van der Waals surface area contributed by atoms with Crippen molar-refractivity contribution in [2.24, 2.45) is 5.92 Å². The molecule has 2 rings (SSSR count). The molecule has 0 bridgehead atoms. The lowest BCUT2D eigenvalue weighted by molar-refractivity contribution is -0.0516. The standard InChI is InChI=1S/C17H26F2N2O.ClH/c1-3-6-13(2)16(21-11-9-20-10-12-21)14-7-4-5-8-15(14)22-17(18)19;/h4-5,7-8,13,16-17,20H,3,6,9-12H2,1-2H3;1H/t13?,16-;/m0./s1. The van der Waals surface area contributed by atoms with Gasteiger partial charge in [0, 0.05) is 37.8 Å². The summed E-state index contributed by atoms with van der Waals surface area (Å²) in [5, 5.41) is 3.35. The number of benzene rings is 1. The topological polar surface area (TPSA) is 24.5 Å². The van der Waals surface area contributed by atoms with Crippen LogP contribution in [0.25, 0.3) is 0 Å². The molecule has 1 heterocycles. The molecule has 0 spiro atoms. The predicted octanol–water partition coefficient (Wildman–Crippen LogP) is 4.09. The Labute approximate surface area is 143 Å². The number of nitrogens with one attached hydrogen (secondary N) is 1. The zero-order chi connectivity index (χ0) is 15.9. The molecular formula is C17H27ClF2N2O. The molecule has 1 aromatic rings. The number of alkyl halides is 2. The van der Waals surface area contributed by atoms with Gasteiger partial charge in [-0.3, -0.25) is 4.90 Å². The van der Waals surface area contributed by atoms with Crippen LogP contribution < -0.4 is 10.1 Å². The van der Waals surface area contributed by atoms with Gasteiger partial charge in [0.25, 0.3) is 0 Å². The maximum absolute atomic E-state index is 12.7. The van der Waals surface area contributed by atoms with Crippen molar-refractivity contribution in [1.29, 1.82) is 0 Å². The summed E-state index contributed by atoms with van der Waals surface area (Å²) in [7, 11) is 0. The van der Waals surface area contributed by atoms with E-state index >= 15 is 0 Å². The van der Waals surface area contributed by atoms with Gasteiger partial charge >= 0.3 is 6.61 Å². The molecule has 0 amide bonds. The molecule has 1 unspecified atom stereocenters. The van der Waals surface area contributed by atoms with Crippen LogP contribution in [0.2, 0.25) is 0 Å². The SMILES string of the molecule is CCCC(C)[C@@H](c1ccccc1OC(F)F)N1CCNCC1.Cl. The summed E-state index contributed by atoms with van der Waals surface area (Å²) in [6.45, 7) is 5.32. The number of piperazine rings is 1. The average molecular weight is 349 g/mol. The first-order chi connectivity index (χ1) is 10.6. The fraction of sp³-hybridized carbons (Fsp3) is 0.647. The lowest BCUT2D eigenvalue weighted by Crippen LogP contribution is -2.46. The smallest absolute Gasteiger partial charge is 0.387 e. The monoisotopic (exact) mass is 348 g/mol. The van der Waals surface area contributed by atoms with Crippen LogP contribution in [0.1, 0.15) is 38.3 Å². The molecule has 132 valence electrons. The molecule has 3 nitrogen and oxygen atoms in total. The molecule has 1 N–H and O–H groups in total. The van der Waals surface area contributed by atoms with Crippen LogP contribution in [-0.4, -0.2) is 37.7 Å². The first kappa shape index (κ1) is 20.1. The maximum Gasteiger partial charge on any atom is 0.387 e. The van der Waals surface area contributed by atoms with Crippen LogP contribution in [0.3, 0.4) is 0 Å². The van der Waals surface area contributed by atoms with Crippen LogP contribution in [0.5, 0.6) is 5.75 Å². The van der Waals surface area contributed by atoms with Crippen molar-refractivity contribution in [3.8, 4) is 5.75 Å². The molecule has 0 aromatic heterocycles. The Hall–Kier alpha value is -0.910. The molecule has 1 aliphatic rings. The zero-order valence-corrected chi connectivity index (χ0v) is 14.6. The molecular weight excluding hydrogens is 322 g/mol. The van der Waals surface area contributed by atoms with E-state index in [2.05, 4.69) is 24.1 Å². The molecule has 0 aliphatic carbocycles. The lowest BCUT2D eigenvalue weighted by Gasteiger charge is -2.39. The Morgan fingerprint density at radius 2 is 1.87 bits per heavy atom. The van der Waals surface area contributed by atoms with Crippen LogP contribution in [0, 0.1) is 5.92 Å². The van der Waals surface area contributed by atoms with Gasteiger partial charge in [-0.15, -0.1) is 12.4 Å². The third-order valence-corrected chi connectivity index (χ3v) is 4.28. The van der Waals surface area contributed by atoms with Crippen molar-refractivity contribution < 1.29 is 13.5 Å². The first-order valence-corrected chi connectivity index (χ1v) is 8.12. The van der Waals surface area contributed by atoms with Crippen LogP contribution in [-0.2, 0) is 0 Å². The highest BCUT2D eigenvalue weighted by Crippen LogP contribution is 2.37. The number of ether oxygens (including phenoxy) is 1. The van der Waals surface area contributed by atoms with Crippen molar-refractivity contribution in [3.05, 3.63) is 29.8 Å². The number of para-hydroxylation sites is 1. The minimum Gasteiger partial charge on any atom is -0.434 e. The van der Waals surface area contributed by atoms with E-state index in [1.165, 1.54) is 0 Å². The minimum atomic E-state index is -2.79. The number of hydrogen-bond acceptors (Lipinski definition) is 3. The number of nitrogens with zero attached hydrogens (tertiary/aromatic N) is 1. The molecule has 0 saturated carbocycles. The molecule has 1 aliphatic heterocycles. The van der Waals surface area contributed by atoms with Gasteiger partial charge in [0.2, 0.25) is 0 Å². The third-order valence-electron chi connectivity index (χ3n) is 4.28. The van der Waals surface area contributed by atoms with Gasteiger partial charge < -0.3 is 10.1 Å². The van der Waals surface area contributed by atoms with E-state index in [0.717, 1.165) is 44.6 Å². The summed E-state index contributed by atoms with van der Waals surface area (Å²) in [6.07, 6.45) is 2.15. The van der Waals surface area contributed by atoms with Gasteiger partial charge in [0.1, 0.15) is 5.75 Å². The van der Waals surface area contributed by atoms with Crippen LogP contribution in [0.15, 0.2) is 24.3 Å². The molecule has 23 heavy (non-hydrogen) atoms. The fourth-order valence-electron chi connectivity index (χ4n) is 3.36. The second-order valence-corrected chi connectivity index (χ2v) is 5.91.